The molecule has 10 nitrogen and oxygen atoms in total. The van der Waals surface area contributed by atoms with Crippen LogP contribution >= 0.6 is 22.7 Å². The van der Waals surface area contributed by atoms with Crippen molar-refractivity contribution in [2.75, 3.05) is 10.6 Å². The van der Waals surface area contributed by atoms with Crippen LogP contribution in [0.15, 0.2) is 109 Å². The molecule has 4 aromatic heterocycles. The molecule has 8 rings (SSSR count). The maximum absolute atomic E-state index is 5.10. The molecular weight excluding hydrogens is 613 g/mol. The van der Waals surface area contributed by atoms with Crippen molar-refractivity contribution in [3.05, 3.63) is 130 Å². The molecule has 0 saturated carbocycles. The molecule has 226 valence electrons. The smallest absolute Gasteiger partial charge is 0.206 e. The van der Waals surface area contributed by atoms with Gasteiger partial charge in [0.2, 0.25) is 10.3 Å². The highest BCUT2D eigenvalue weighted by Gasteiger charge is 2.22. The highest BCUT2D eigenvalue weighted by atomic mass is 32.1. The van der Waals surface area contributed by atoms with Gasteiger partial charge in [0.15, 0.2) is 11.6 Å². The topological polar surface area (TPSA) is 111 Å². The molecular formula is C34H28N10S2. The van der Waals surface area contributed by atoms with Crippen LogP contribution in [0, 0.1) is 0 Å². The maximum Gasteiger partial charge on any atom is 0.206 e. The molecule has 4 heterocycles. The number of imidazole rings is 2. The Kier molecular flexibility index (Phi) is 7.62. The Hall–Kier alpha value is -5.46. The first-order valence-corrected chi connectivity index (χ1v) is 16.5. The number of hydrogen-bond acceptors (Lipinski definition) is 10. The van der Waals surface area contributed by atoms with Gasteiger partial charge in [0.25, 0.3) is 0 Å². The van der Waals surface area contributed by atoms with Crippen LogP contribution in [0.2, 0.25) is 0 Å². The monoisotopic (exact) mass is 640 g/mol. The van der Waals surface area contributed by atoms with Crippen LogP contribution in [0.3, 0.4) is 0 Å². The quantitative estimate of drug-likeness (QED) is 0.154. The van der Waals surface area contributed by atoms with E-state index < -0.39 is 0 Å². The number of benzene rings is 4. The predicted molar refractivity (Wildman–Crippen MR) is 184 cm³/mol. The van der Waals surface area contributed by atoms with Gasteiger partial charge in [-0.05, 0) is 35.4 Å². The summed E-state index contributed by atoms with van der Waals surface area (Å²) in [6.07, 6.45) is 0. The third kappa shape index (κ3) is 5.83. The van der Waals surface area contributed by atoms with Crippen molar-refractivity contribution in [1.29, 1.82) is 0 Å². The van der Waals surface area contributed by atoms with E-state index in [0.717, 1.165) is 54.0 Å². The first kappa shape index (κ1) is 28.0. The summed E-state index contributed by atoms with van der Waals surface area (Å²) < 4.78 is 4.36. The fourth-order valence-corrected chi connectivity index (χ4v) is 6.86. The van der Waals surface area contributed by atoms with Gasteiger partial charge in [-0.25, -0.2) is 9.97 Å². The molecule has 0 unspecified atom stereocenters. The normalized spacial score (nSPS) is 11.4. The van der Waals surface area contributed by atoms with Gasteiger partial charge in [-0.2, -0.15) is 0 Å². The second-order valence-electron chi connectivity index (χ2n) is 10.7. The summed E-state index contributed by atoms with van der Waals surface area (Å²) in [5, 5.41) is 28.0. The molecule has 2 N–H and O–H groups in total. The van der Waals surface area contributed by atoms with Crippen LogP contribution < -0.4 is 10.6 Å². The number of nitrogens with zero attached hydrogens (tertiary/aromatic N) is 8. The fraction of sp³-hybridized carbons (Fsp3) is 0.118. The Morgan fingerprint density at radius 1 is 0.478 bits per heavy atom. The van der Waals surface area contributed by atoms with Crippen LogP contribution in [0.25, 0.3) is 33.7 Å². The van der Waals surface area contributed by atoms with E-state index in [9.17, 15) is 0 Å². The van der Waals surface area contributed by atoms with E-state index in [2.05, 4.69) is 76.6 Å². The van der Waals surface area contributed by atoms with Crippen LogP contribution in [-0.2, 0) is 26.2 Å². The number of fused-ring (bicyclic) bond motifs is 2. The zero-order valence-corrected chi connectivity index (χ0v) is 26.2. The summed E-state index contributed by atoms with van der Waals surface area (Å²) in [6.45, 7) is 2.40. The van der Waals surface area contributed by atoms with E-state index in [0.29, 0.717) is 26.2 Å². The van der Waals surface area contributed by atoms with Crippen molar-refractivity contribution in [3.63, 3.8) is 0 Å². The highest BCUT2D eigenvalue weighted by molar-refractivity contribution is 7.15. The summed E-state index contributed by atoms with van der Waals surface area (Å²) >= 11 is 3.10. The average Bonchev–Trinajstić information content (AvgIpc) is 3.90. The second kappa shape index (κ2) is 12.5. The third-order valence-corrected chi connectivity index (χ3v) is 9.33. The van der Waals surface area contributed by atoms with Crippen LogP contribution in [0.1, 0.15) is 21.1 Å². The molecule has 0 amide bonds. The lowest BCUT2D eigenvalue weighted by molar-refractivity contribution is 0.767. The second-order valence-corrected chi connectivity index (χ2v) is 12.8. The van der Waals surface area contributed by atoms with Gasteiger partial charge in [-0.3, -0.25) is 0 Å². The van der Waals surface area contributed by atoms with Crippen molar-refractivity contribution in [3.8, 4) is 11.6 Å². The minimum Gasteiger partial charge on any atom is -0.356 e. The van der Waals surface area contributed by atoms with E-state index in [1.54, 1.807) is 22.7 Å². The van der Waals surface area contributed by atoms with Gasteiger partial charge in [0, 0.05) is 13.1 Å². The average molecular weight is 641 g/mol. The standard InChI is InChI=1S/C34H28N10S2/c1-3-11-23(12-4-1)19-35-33-41-39-29(45-33)21-43-27-17-9-7-15-25(27)37-31(43)32-38-26-16-8-10-18-28(26)44(32)22-30-40-42-34(46-30)36-20-24-13-5-2-6-14-24/h1-18H,19-22H2,(H,35,41)(H,36,42). The zero-order chi connectivity index (χ0) is 30.7. The molecule has 0 aliphatic heterocycles. The van der Waals surface area contributed by atoms with Gasteiger partial charge in [0.05, 0.1) is 35.2 Å². The van der Waals surface area contributed by atoms with E-state index in [4.69, 9.17) is 9.97 Å². The summed E-state index contributed by atoms with van der Waals surface area (Å²) in [5.41, 5.74) is 6.19. The van der Waals surface area contributed by atoms with Gasteiger partial charge < -0.3 is 19.8 Å². The van der Waals surface area contributed by atoms with Crippen molar-refractivity contribution in [1.82, 2.24) is 39.5 Å². The third-order valence-electron chi connectivity index (χ3n) is 7.60. The number of rotatable bonds is 11. The van der Waals surface area contributed by atoms with E-state index in [1.165, 1.54) is 11.1 Å². The summed E-state index contributed by atoms with van der Waals surface area (Å²) in [7, 11) is 0. The van der Waals surface area contributed by atoms with Crippen molar-refractivity contribution < 1.29 is 0 Å². The summed E-state index contributed by atoms with van der Waals surface area (Å²) in [4.78, 5) is 10.2. The molecule has 0 aliphatic carbocycles. The van der Waals surface area contributed by atoms with E-state index in [1.807, 2.05) is 72.8 Å². The van der Waals surface area contributed by atoms with E-state index in [-0.39, 0.29) is 0 Å². The molecule has 0 radical (unpaired) electrons. The minimum atomic E-state index is 0.510. The van der Waals surface area contributed by atoms with Crippen molar-refractivity contribution in [2.45, 2.75) is 26.2 Å². The Labute approximate surface area is 272 Å². The maximum atomic E-state index is 5.10. The zero-order valence-electron chi connectivity index (χ0n) is 24.6. The summed E-state index contributed by atoms with van der Waals surface area (Å²) in [6, 6.07) is 36.9. The lowest BCUT2D eigenvalue weighted by Crippen LogP contribution is -2.08. The molecule has 0 fully saturated rings. The van der Waals surface area contributed by atoms with Crippen LogP contribution in [-0.4, -0.2) is 39.5 Å². The first-order chi connectivity index (χ1) is 22.8. The van der Waals surface area contributed by atoms with Crippen LogP contribution in [0.4, 0.5) is 10.3 Å². The van der Waals surface area contributed by atoms with Gasteiger partial charge >= 0.3 is 0 Å². The molecule has 0 bridgehead atoms. The number of para-hydroxylation sites is 4. The Morgan fingerprint density at radius 2 is 0.891 bits per heavy atom. The van der Waals surface area contributed by atoms with Crippen LogP contribution in [0.5, 0.6) is 0 Å². The minimum absolute atomic E-state index is 0.510. The number of nitrogens with one attached hydrogen (secondary N) is 2. The Morgan fingerprint density at radius 3 is 1.35 bits per heavy atom. The molecule has 8 aromatic rings. The molecule has 0 spiro atoms. The predicted octanol–water partition coefficient (Wildman–Crippen LogP) is 7.08. The Balaban J connectivity index is 1.11. The lowest BCUT2D eigenvalue weighted by Gasteiger charge is -2.10. The highest BCUT2D eigenvalue weighted by Crippen LogP contribution is 2.31. The SMILES string of the molecule is c1ccc(CNc2nnc(Cn3c(-c4nc5ccccc5n4Cc4nnc(NCc5ccccc5)s4)nc4ccccc43)s2)cc1. The molecule has 12 heteroatoms. The number of aromatic nitrogens is 8. The largest absolute Gasteiger partial charge is 0.356 e. The molecule has 0 saturated heterocycles. The molecule has 46 heavy (non-hydrogen) atoms. The van der Waals surface area contributed by atoms with Gasteiger partial charge in [0.1, 0.15) is 10.0 Å². The van der Waals surface area contributed by atoms with Gasteiger partial charge in [-0.15, -0.1) is 20.4 Å². The molecule has 4 aromatic carbocycles. The van der Waals surface area contributed by atoms with Crippen molar-refractivity contribution >= 4 is 55.0 Å². The number of anilines is 2. The van der Waals surface area contributed by atoms with E-state index >= 15 is 0 Å². The Bertz CT molecular complexity index is 2070. The fourth-order valence-electron chi connectivity index (χ4n) is 5.41. The number of hydrogen-bond donors (Lipinski definition) is 2. The lowest BCUT2D eigenvalue weighted by atomic mass is 10.2. The molecule has 0 atom stereocenters. The summed E-state index contributed by atoms with van der Waals surface area (Å²) in [5.74, 6) is 1.52. The van der Waals surface area contributed by atoms with Gasteiger partial charge in [-0.1, -0.05) is 108 Å². The first-order valence-electron chi connectivity index (χ1n) is 14.9. The van der Waals surface area contributed by atoms with Crippen molar-refractivity contribution in [2.24, 2.45) is 0 Å². The molecule has 0 aliphatic rings.